The molecule has 3 heterocycles. The molecule has 34 heavy (non-hydrogen) atoms. The molecule has 2 aromatic heterocycles. The van der Waals surface area contributed by atoms with E-state index in [-0.39, 0.29) is 12.3 Å². The fraction of sp³-hybridized carbons (Fsp3) is 0.360. The zero-order valence-corrected chi connectivity index (χ0v) is 19.6. The van der Waals surface area contributed by atoms with Gasteiger partial charge in [-0.05, 0) is 79.7 Å². The molecule has 0 spiro atoms. The van der Waals surface area contributed by atoms with Gasteiger partial charge in [0, 0.05) is 13.1 Å². The van der Waals surface area contributed by atoms with Gasteiger partial charge in [0.15, 0.2) is 16.7 Å². The number of carbonyl (C=O) groups is 1. The fourth-order valence-electron chi connectivity index (χ4n) is 4.30. The molecule has 1 aliphatic heterocycles. The zero-order chi connectivity index (χ0) is 23.7. The van der Waals surface area contributed by atoms with Crippen LogP contribution in [0.25, 0.3) is 11.0 Å². The summed E-state index contributed by atoms with van der Waals surface area (Å²) in [6.07, 6.45) is 3.52. The SMILES string of the molecule is Cc1cccc(OCc2c(C(=O)Nc3ccc(N4CCCCC4)c4nonc34)noc2C)c1C. The van der Waals surface area contributed by atoms with E-state index in [0.29, 0.717) is 28.0 Å². The van der Waals surface area contributed by atoms with Crippen molar-refractivity contribution in [3.8, 4) is 5.75 Å². The molecular weight excluding hydrogens is 434 g/mol. The van der Waals surface area contributed by atoms with E-state index in [1.807, 2.05) is 44.2 Å². The lowest BCUT2D eigenvalue weighted by atomic mass is 10.1. The molecule has 1 N–H and O–H groups in total. The molecular formula is C25H27N5O4. The van der Waals surface area contributed by atoms with E-state index in [0.717, 1.165) is 48.5 Å². The Morgan fingerprint density at radius 2 is 1.82 bits per heavy atom. The van der Waals surface area contributed by atoms with Crippen LogP contribution in [-0.4, -0.2) is 34.5 Å². The number of aromatic nitrogens is 3. The van der Waals surface area contributed by atoms with E-state index < -0.39 is 5.91 Å². The number of piperidine rings is 1. The lowest BCUT2D eigenvalue weighted by Crippen LogP contribution is -2.29. The third kappa shape index (κ3) is 4.09. The number of carbonyl (C=O) groups excluding carboxylic acids is 1. The summed E-state index contributed by atoms with van der Waals surface area (Å²) in [5.74, 6) is 0.881. The maximum atomic E-state index is 13.2. The normalized spacial score (nSPS) is 13.9. The van der Waals surface area contributed by atoms with Crippen LogP contribution < -0.4 is 15.0 Å². The van der Waals surface area contributed by atoms with Gasteiger partial charge in [0.25, 0.3) is 5.91 Å². The Bertz CT molecular complexity index is 1340. The van der Waals surface area contributed by atoms with Crippen LogP contribution >= 0.6 is 0 Å². The summed E-state index contributed by atoms with van der Waals surface area (Å²) in [7, 11) is 0. The van der Waals surface area contributed by atoms with Gasteiger partial charge in [-0.1, -0.05) is 17.3 Å². The van der Waals surface area contributed by atoms with Gasteiger partial charge in [0.05, 0.1) is 16.9 Å². The summed E-state index contributed by atoms with van der Waals surface area (Å²) in [6.45, 7) is 7.90. The van der Waals surface area contributed by atoms with Gasteiger partial charge >= 0.3 is 0 Å². The lowest BCUT2D eigenvalue weighted by Gasteiger charge is -2.28. The number of anilines is 2. The molecule has 2 aromatic carbocycles. The number of hydrogen-bond donors (Lipinski definition) is 1. The van der Waals surface area contributed by atoms with Gasteiger partial charge in [-0.3, -0.25) is 4.79 Å². The second-order valence-corrected chi connectivity index (χ2v) is 8.65. The van der Waals surface area contributed by atoms with Crippen LogP contribution in [0.2, 0.25) is 0 Å². The molecule has 5 rings (SSSR count). The van der Waals surface area contributed by atoms with Gasteiger partial charge in [-0.25, -0.2) is 4.63 Å². The third-order valence-corrected chi connectivity index (χ3v) is 6.47. The molecule has 0 atom stereocenters. The second kappa shape index (κ2) is 9.17. The average Bonchev–Trinajstić information content (AvgIpc) is 3.48. The minimum Gasteiger partial charge on any atom is -0.488 e. The summed E-state index contributed by atoms with van der Waals surface area (Å²) in [4.78, 5) is 15.4. The van der Waals surface area contributed by atoms with Crippen molar-refractivity contribution in [2.45, 2.75) is 46.6 Å². The number of amides is 1. The summed E-state index contributed by atoms with van der Waals surface area (Å²) in [5, 5.41) is 15.0. The molecule has 0 unspecified atom stereocenters. The molecule has 9 nitrogen and oxygen atoms in total. The van der Waals surface area contributed by atoms with Gasteiger partial charge in [-0.2, -0.15) is 0 Å². The molecule has 0 saturated carbocycles. The van der Waals surface area contributed by atoms with Crippen molar-refractivity contribution >= 4 is 28.3 Å². The largest absolute Gasteiger partial charge is 0.488 e. The van der Waals surface area contributed by atoms with E-state index >= 15 is 0 Å². The summed E-state index contributed by atoms with van der Waals surface area (Å²) in [5.41, 5.74) is 5.57. The Balaban J connectivity index is 1.37. The van der Waals surface area contributed by atoms with E-state index in [1.165, 1.54) is 6.42 Å². The predicted octanol–water partition coefficient (Wildman–Crippen LogP) is 4.96. The van der Waals surface area contributed by atoms with Gasteiger partial charge in [-0.15, -0.1) is 0 Å². The van der Waals surface area contributed by atoms with E-state index in [1.54, 1.807) is 6.92 Å². The van der Waals surface area contributed by atoms with Crippen molar-refractivity contribution in [2.24, 2.45) is 0 Å². The minimum atomic E-state index is -0.411. The first-order chi connectivity index (χ1) is 16.5. The first-order valence-electron chi connectivity index (χ1n) is 11.5. The number of rotatable bonds is 6. The van der Waals surface area contributed by atoms with Gasteiger partial charge in [0.2, 0.25) is 0 Å². The van der Waals surface area contributed by atoms with Gasteiger partial charge < -0.3 is 19.5 Å². The highest BCUT2D eigenvalue weighted by Crippen LogP contribution is 2.32. The third-order valence-electron chi connectivity index (χ3n) is 6.47. The van der Waals surface area contributed by atoms with Crippen LogP contribution in [0.15, 0.2) is 39.5 Å². The summed E-state index contributed by atoms with van der Waals surface area (Å²) < 4.78 is 16.4. The number of fused-ring (bicyclic) bond motifs is 1. The van der Waals surface area contributed by atoms with Crippen molar-refractivity contribution in [1.29, 1.82) is 0 Å². The number of aryl methyl sites for hydroxylation is 2. The number of ether oxygens (including phenoxy) is 1. The molecule has 1 saturated heterocycles. The van der Waals surface area contributed by atoms with Crippen LogP contribution in [0.1, 0.15) is 52.2 Å². The number of nitrogens with one attached hydrogen (secondary N) is 1. The van der Waals surface area contributed by atoms with Crippen molar-refractivity contribution in [1.82, 2.24) is 15.5 Å². The quantitative estimate of drug-likeness (QED) is 0.429. The number of nitrogens with zero attached hydrogens (tertiary/aromatic N) is 4. The Morgan fingerprint density at radius 1 is 1.03 bits per heavy atom. The predicted molar refractivity (Wildman–Crippen MR) is 127 cm³/mol. The first-order valence-corrected chi connectivity index (χ1v) is 11.5. The van der Waals surface area contributed by atoms with Gasteiger partial charge in [0.1, 0.15) is 18.1 Å². The molecule has 9 heteroatoms. The smallest absolute Gasteiger partial charge is 0.278 e. The maximum absolute atomic E-state index is 13.2. The first kappa shape index (κ1) is 21.9. The summed E-state index contributed by atoms with van der Waals surface area (Å²) >= 11 is 0. The highest BCUT2D eigenvalue weighted by molar-refractivity contribution is 6.09. The average molecular weight is 462 g/mol. The van der Waals surface area contributed by atoms with Crippen LogP contribution in [0.4, 0.5) is 11.4 Å². The topological polar surface area (TPSA) is 107 Å². The van der Waals surface area contributed by atoms with Crippen molar-refractivity contribution in [2.75, 3.05) is 23.3 Å². The molecule has 0 bridgehead atoms. The fourth-order valence-corrected chi connectivity index (χ4v) is 4.30. The minimum absolute atomic E-state index is 0.164. The molecule has 0 radical (unpaired) electrons. The monoisotopic (exact) mass is 461 g/mol. The standard InChI is InChI=1S/C25H27N5O4/c1-15-8-7-9-21(16(15)2)32-14-18-17(3)33-27-22(18)25(31)26-19-10-11-20(24-23(19)28-34-29-24)30-12-5-4-6-13-30/h7-11H,4-6,12-14H2,1-3H3,(H,26,31). The molecule has 4 aromatic rings. The maximum Gasteiger partial charge on any atom is 0.278 e. The number of benzene rings is 2. The van der Waals surface area contributed by atoms with Crippen LogP contribution in [0.3, 0.4) is 0 Å². The Morgan fingerprint density at radius 3 is 2.65 bits per heavy atom. The second-order valence-electron chi connectivity index (χ2n) is 8.65. The van der Waals surface area contributed by atoms with Crippen molar-refractivity contribution < 1.29 is 18.7 Å². The molecule has 1 aliphatic rings. The lowest BCUT2D eigenvalue weighted by molar-refractivity contribution is 0.101. The van der Waals surface area contributed by atoms with Crippen LogP contribution in [0.5, 0.6) is 5.75 Å². The highest BCUT2D eigenvalue weighted by atomic mass is 16.6. The van der Waals surface area contributed by atoms with Crippen LogP contribution in [0, 0.1) is 20.8 Å². The van der Waals surface area contributed by atoms with Crippen molar-refractivity contribution in [3.05, 3.63) is 58.5 Å². The van der Waals surface area contributed by atoms with E-state index in [4.69, 9.17) is 13.9 Å². The number of hydrogen-bond acceptors (Lipinski definition) is 8. The van der Waals surface area contributed by atoms with Crippen LogP contribution in [-0.2, 0) is 6.61 Å². The van der Waals surface area contributed by atoms with E-state index in [2.05, 4.69) is 25.7 Å². The molecule has 0 aliphatic carbocycles. The zero-order valence-electron chi connectivity index (χ0n) is 19.6. The highest BCUT2D eigenvalue weighted by Gasteiger charge is 2.24. The van der Waals surface area contributed by atoms with E-state index in [9.17, 15) is 4.79 Å². The Hall–Kier alpha value is -3.88. The summed E-state index contributed by atoms with van der Waals surface area (Å²) in [6, 6.07) is 9.65. The Kier molecular flexibility index (Phi) is 5.91. The molecule has 1 fully saturated rings. The van der Waals surface area contributed by atoms with Crippen molar-refractivity contribution in [3.63, 3.8) is 0 Å². The molecule has 1 amide bonds. The molecule has 176 valence electrons. The Labute approximate surface area is 197 Å².